The van der Waals surface area contributed by atoms with Crippen LogP contribution in [-0.2, 0) is 11.2 Å². The van der Waals surface area contributed by atoms with Crippen LogP contribution in [0, 0.1) is 0 Å². The van der Waals surface area contributed by atoms with Gasteiger partial charge in [0.2, 0.25) is 0 Å². The molecule has 0 unspecified atom stereocenters. The third-order valence-electron chi connectivity index (χ3n) is 3.62. The zero-order valence-corrected chi connectivity index (χ0v) is 12.1. The molecule has 1 aliphatic heterocycles. The van der Waals surface area contributed by atoms with Crippen LogP contribution in [0.1, 0.15) is 11.1 Å². The molecular formula is C18H17NO3. The number of nitrogens with zero attached hydrogens (tertiary/aromatic N) is 1. The Labute approximate surface area is 129 Å². The summed E-state index contributed by atoms with van der Waals surface area (Å²) in [5, 5.41) is 10.3. The fourth-order valence-electron chi connectivity index (χ4n) is 2.55. The van der Waals surface area contributed by atoms with Gasteiger partial charge in [-0.15, -0.1) is 0 Å². The highest BCUT2D eigenvalue weighted by Gasteiger charge is 2.35. The molecule has 1 fully saturated rings. The molecule has 0 aliphatic carbocycles. The fraction of sp³-hybridized carbons (Fsp3) is 0.167. The van der Waals surface area contributed by atoms with E-state index in [0.717, 1.165) is 11.1 Å². The Morgan fingerprint density at radius 3 is 2.45 bits per heavy atom. The first kappa shape index (κ1) is 14.2. The number of aliphatic hydroxyl groups is 1. The Morgan fingerprint density at radius 2 is 1.77 bits per heavy atom. The largest absolute Gasteiger partial charge is 0.494 e. The smallest absolute Gasteiger partial charge is 0.417 e. The Balaban J connectivity index is 1.80. The van der Waals surface area contributed by atoms with Crippen molar-refractivity contribution < 1.29 is 14.6 Å². The first-order chi connectivity index (χ1) is 10.7. The van der Waals surface area contributed by atoms with Crippen molar-refractivity contribution in [3.8, 4) is 0 Å². The molecule has 2 aromatic rings. The normalized spacial score (nSPS) is 18.4. The van der Waals surface area contributed by atoms with E-state index in [9.17, 15) is 9.90 Å². The Morgan fingerprint density at radius 1 is 1.14 bits per heavy atom. The van der Waals surface area contributed by atoms with Gasteiger partial charge in [0.05, 0.1) is 6.04 Å². The van der Waals surface area contributed by atoms with E-state index in [1.54, 1.807) is 6.08 Å². The quantitative estimate of drug-likeness (QED) is 0.877. The standard InChI is InChI=1S/C18H17NO3/c20-17(12-15-9-5-2-6-10-15)19-16(13-22-18(19)21)11-14-7-3-1-4-8-14/h1-10,12,16,20H,11,13H2/b17-12-/t16-/m0/s1. The Hall–Kier alpha value is -2.75. The molecule has 112 valence electrons. The molecular weight excluding hydrogens is 278 g/mol. The summed E-state index contributed by atoms with van der Waals surface area (Å²) in [5.41, 5.74) is 1.93. The van der Waals surface area contributed by atoms with E-state index in [2.05, 4.69) is 0 Å². The maximum atomic E-state index is 11.9. The van der Waals surface area contributed by atoms with E-state index in [1.807, 2.05) is 60.7 Å². The van der Waals surface area contributed by atoms with Gasteiger partial charge in [-0.25, -0.2) is 9.69 Å². The highest BCUT2D eigenvalue weighted by Crippen LogP contribution is 2.22. The summed E-state index contributed by atoms with van der Waals surface area (Å²) in [7, 11) is 0. The average Bonchev–Trinajstić information content (AvgIpc) is 2.90. The summed E-state index contributed by atoms with van der Waals surface area (Å²) >= 11 is 0. The van der Waals surface area contributed by atoms with Crippen LogP contribution >= 0.6 is 0 Å². The highest BCUT2D eigenvalue weighted by molar-refractivity contribution is 5.73. The lowest BCUT2D eigenvalue weighted by Gasteiger charge is -2.20. The molecule has 0 radical (unpaired) electrons. The molecule has 1 N–H and O–H groups in total. The van der Waals surface area contributed by atoms with Crippen molar-refractivity contribution in [3.63, 3.8) is 0 Å². The summed E-state index contributed by atoms with van der Waals surface area (Å²) < 4.78 is 5.10. The number of hydrogen-bond acceptors (Lipinski definition) is 3. The molecule has 4 heteroatoms. The number of aliphatic hydroxyl groups excluding tert-OH is 1. The highest BCUT2D eigenvalue weighted by atomic mass is 16.6. The molecule has 1 aliphatic rings. The van der Waals surface area contributed by atoms with Gasteiger partial charge in [0, 0.05) is 6.08 Å². The number of carbonyl (C=O) groups excluding carboxylic acids is 1. The molecule has 22 heavy (non-hydrogen) atoms. The number of rotatable bonds is 4. The van der Waals surface area contributed by atoms with Gasteiger partial charge in [-0.1, -0.05) is 60.7 Å². The molecule has 4 nitrogen and oxygen atoms in total. The van der Waals surface area contributed by atoms with Gasteiger partial charge in [0.15, 0.2) is 5.88 Å². The van der Waals surface area contributed by atoms with Gasteiger partial charge in [-0.05, 0) is 17.5 Å². The number of amides is 1. The third kappa shape index (κ3) is 3.11. The second-order valence-corrected chi connectivity index (χ2v) is 5.20. The molecule has 1 amide bonds. The van der Waals surface area contributed by atoms with Gasteiger partial charge in [0.25, 0.3) is 0 Å². The van der Waals surface area contributed by atoms with Crippen LogP contribution in [-0.4, -0.2) is 28.7 Å². The minimum absolute atomic E-state index is 0.0883. The van der Waals surface area contributed by atoms with Crippen molar-refractivity contribution >= 4 is 12.2 Å². The molecule has 3 rings (SSSR count). The predicted octanol–water partition coefficient (Wildman–Crippen LogP) is 3.61. The van der Waals surface area contributed by atoms with Gasteiger partial charge >= 0.3 is 6.09 Å². The third-order valence-corrected chi connectivity index (χ3v) is 3.62. The van der Waals surface area contributed by atoms with Crippen molar-refractivity contribution in [3.05, 3.63) is 77.7 Å². The van der Waals surface area contributed by atoms with Crippen molar-refractivity contribution in [2.24, 2.45) is 0 Å². The lowest BCUT2D eigenvalue weighted by molar-refractivity contribution is 0.150. The number of benzene rings is 2. The maximum absolute atomic E-state index is 11.9. The molecule has 1 saturated heterocycles. The van der Waals surface area contributed by atoms with Crippen LogP contribution in [0.4, 0.5) is 4.79 Å². The lowest BCUT2D eigenvalue weighted by atomic mass is 10.1. The van der Waals surface area contributed by atoms with E-state index in [4.69, 9.17) is 4.74 Å². The number of hydrogen-bond donors (Lipinski definition) is 1. The topological polar surface area (TPSA) is 49.8 Å². The predicted molar refractivity (Wildman–Crippen MR) is 84.2 cm³/mol. The second kappa shape index (κ2) is 6.35. The van der Waals surface area contributed by atoms with Crippen molar-refractivity contribution in [1.29, 1.82) is 0 Å². The van der Waals surface area contributed by atoms with Crippen molar-refractivity contribution in [1.82, 2.24) is 4.90 Å². The van der Waals surface area contributed by atoms with Crippen LogP contribution < -0.4 is 0 Å². The molecule has 2 aromatic carbocycles. The lowest BCUT2D eigenvalue weighted by Crippen LogP contribution is -2.34. The van der Waals surface area contributed by atoms with Crippen LogP contribution in [0.25, 0.3) is 6.08 Å². The van der Waals surface area contributed by atoms with E-state index < -0.39 is 6.09 Å². The Kier molecular flexibility index (Phi) is 4.10. The summed E-state index contributed by atoms with van der Waals surface area (Å²) in [5.74, 6) is -0.0883. The van der Waals surface area contributed by atoms with Crippen LogP contribution in [0.5, 0.6) is 0 Å². The zero-order valence-electron chi connectivity index (χ0n) is 12.1. The molecule has 0 bridgehead atoms. The van der Waals surface area contributed by atoms with Gasteiger partial charge in [0.1, 0.15) is 6.61 Å². The van der Waals surface area contributed by atoms with Crippen LogP contribution in [0.2, 0.25) is 0 Å². The van der Waals surface area contributed by atoms with Crippen LogP contribution in [0.15, 0.2) is 66.5 Å². The molecule has 1 atom stereocenters. The molecule has 0 saturated carbocycles. The van der Waals surface area contributed by atoms with Crippen molar-refractivity contribution in [2.75, 3.05) is 6.61 Å². The molecule has 1 heterocycles. The van der Waals surface area contributed by atoms with E-state index in [-0.39, 0.29) is 18.5 Å². The van der Waals surface area contributed by atoms with Crippen LogP contribution in [0.3, 0.4) is 0 Å². The minimum atomic E-state index is -0.509. The van der Waals surface area contributed by atoms with Crippen molar-refractivity contribution in [2.45, 2.75) is 12.5 Å². The number of cyclic esters (lactones) is 1. The first-order valence-electron chi connectivity index (χ1n) is 7.19. The molecule has 0 spiro atoms. The number of ether oxygens (including phenoxy) is 1. The minimum Gasteiger partial charge on any atom is -0.494 e. The Bertz CT molecular complexity index is 667. The average molecular weight is 295 g/mol. The van der Waals surface area contributed by atoms with Gasteiger partial charge in [-0.3, -0.25) is 0 Å². The SMILES string of the molecule is O=C1OC[C@H](Cc2ccccc2)N1/C(O)=C/c1ccccc1. The summed E-state index contributed by atoms with van der Waals surface area (Å²) in [6.07, 6.45) is 1.70. The summed E-state index contributed by atoms with van der Waals surface area (Å²) in [4.78, 5) is 13.2. The first-order valence-corrected chi connectivity index (χ1v) is 7.19. The van der Waals surface area contributed by atoms with E-state index >= 15 is 0 Å². The fourth-order valence-corrected chi connectivity index (χ4v) is 2.55. The monoisotopic (exact) mass is 295 g/mol. The zero-order chi connectivity index (χ0) is 15.4. The second-order valence-electron chi connectivity index (χ2n) is 5.20. The summed E-state index contributed by atoms with van der Waals surface area (Å²) in [6.45, 7) is 0.278. The van der Waals surface area contributed by atoms with Gasteiger partial charge < -0.3 is 9.84 Å². The van der Waals surface area contributed by atoms with E-state index in [1.165, 1.54) is 4.90 Å². The van der Waals surface area contributed by atoms with E-state index in [0.29, 0.717) is 6.42 Å². The maximum Gasteiger partial charge on any atom is 0.417 e. The van der Waals surface area contributed by atoms with Gasteiger partial charge in [-0.2, -0.15) is 0 Å². The number of carbonyl (C=O) groups is 1. The molecule has 0 aromatic heterocycles. The summed E-state index contributed by atoms with van der Waals surface area (Å²) in [6, 6.07) is 19.0.